The summed E-state index contributed by atoms with van der Waals surface area (Å²) in [4.78, 5) is 3.97. The largest absolute Gasteiger partial charge is 2.00 e. The van der Waals surface area contributed by atoms with Crippen molar-refractivity contribution in [3.63, 3.8) is 0 Å². The number of aromatic nitrogens is 1. The fourth-order valence-corrected chi connectivity index (χ4v) is 0.958. The molecule has 1 nitrogen and oxygen atoms in total. The van der Waals surface area contributed by atoms with E-state index < -0.39 is 0 Å². The van der Waals surface area contributed by atoms with Gasteiger partial charge in [-0.3, -0.25) is 4.98 Å². The van der Waals surface area contributed by atoms with Crippen LogP contribution in [0.4, 0.5) is 0 Å². The van der Waals surface area contributed by atoms with Crippen LogP contribution in [0, 0.1) is 6.92 Å². The smallest absolute Gasteiger partial charge is 1.00 e. The minimum Gasteiger partial charge on any atom is -1.00 e. The average Bonchev–Trinajstić information content (AvgIpc) is 2.06. The van der Waals surface area contributed by atoms with E-state index in [0.29, 0.717) is 0 Å². The fraction of sp³-hybridized carbons (Fsp3) is 0.400. The summed E-state index contributed by atoms with van der Waals surface area (Å²) in [7, 11) is 0. The molecule has 0 aliphatic rings. The molecule has 0 fully saturated rings. The van der Waals surface area contributed by atoms with Gasteiger partial charge >= 0.3 is 23.1 Å². The van der Waals surface area contributed by atoms with Gasteiger partial charge in [0.05, 0.1) is 0 Å². The van der Waals surface area contributed by atoms with Crippen molar-refractivity contribution >= 4 is 23.1 Å². The van der Waals surface area contributed by atoms with Crippen LogP contribution < -0.4 is 12.4 Å². The molecule has 0 bridgehead atoms. The van der Waals surface area contributed by atoms with Crippen molar-refractivity contribution in [2.75, 3.05) is 0 Å². The zero-order valence-corrected chi connectivity index (χ0v) is 10.4. The van der Waals surface area contributed by atoms with E-state index in [1.807, 2.05) is 24.5 Å². The van der Waals surface area contributed by atoms with E-state index in [-0.39, 0.29) is 40.9 Å². The Kier molecular flexibility index (Phi) is 7.99. The average molecular weight is 208 g/mol. The molecule has 1 aromatic rings. The van der Waals surface area contributed by atoms with Gasteiger partial charge in [-0.2, -0.15) is 0 Å². The molecular weight excluding hydrogens is 194 g/mol. The zero-order valence-electron chi connectivity index (χ0n) is 8.26. The van der Waals surface area contributed by atoms with Crippen molar-refractivity contribution in [3.8, 4) is 0 Å². The summed E-state index contributed by atoms with van der Waals surface area (Å²) in [5, 5.41) is 0. The van der Waals surface area contributed by atoms with Gasteiger partial charge in [0.1, 0.15) is 0 Å². The molecule has 0 aliphatic heterocycles. The Hall–Kier alpha value is 0.206. The summed E-state index contributed by atoms with van der Waals surface area (Å²) < 4.78 is 0. The minimum atomic E-state index is 0. The maximum absolute atomic E-state index is 4.13. The number of pyridine rings is 1. The van der Waals surface area contributed by atoms with Gasteiger partial charge in [-0.05, 0) is 12.1 Å². The molecule has 0 saturated heterocycles. The SMILES string of the molecule is [CH2-]C(C)(CC)c1ccncc1.[Cl-].[Mg+2]. The molecule has 3 heteroatoms. The molecule has 13 heavy (non-hydrogen) atoms. The molecule has 68 valence electrons. The van der Waals surface area contributed by atoms with Gasteiger partial charge in [0, 0.05) is 12.4 Å². The van der Waals surface area contributed by atoms with Gasteiger partial charge in [-0.25, -0.2) is 0 Å². The number of hydrogen-bond donors (Lipinski definition) is 0. The molecule has 0 aromatic carbocycles. The van der Waals surface area contributed by atoms with Gasteiger partial charge in [-0.1, -0.05) is 25.8 Å². The summed E-state index contributed by atoms with van der Waals surface area (Å²) in [6.07, 6.45) is 4.68. The van der Waals surface area contributed by atoms with Crippen molar-refractivity contribution in [2.24, 2.45) is 0 Å². The Bertz CT molecular complexity index is 224. The molecule has 0 aliphatic carbocycles. The summed E-state index contributed by atoms with van der Waals surface area (Å²) in [5.74, 6) is 0. The van der Waals surface area contributed by atoms with Crippen LogP contribution in [0.5, 0.6) is 0 Å². The molecule has 0 N–H and O–H groups in total. The molecule has 1 aromatic heterocycles. The third kappa shape index (κ3) is 4.29. The van der Waals surface area contributed by atoms with Crippen molar-refractivity contribution in [1.82, 2.24) is 4.98 Å². The quantitative estimate of drug-likeness (QED) is 0.458. The zero-order chi connectivity index (χ0) is 8.32. The van der Waals surface area contributed by atoms with Crippen LogP contribution >= 0.6 is 0 Å². The molecule has 1 rings (SSSR count). The number of nitrogens with zero attached hydrogens (tertiary/aromatic N) is 1. The fourth-order valence-electron chi connectivity index (χ4n) is 0.958. The Morgan fingerprint density at radius 3 is 2.23 bits per heavy atom. The molecular formula is C10H14ClMgN. The number of hydrogen-bond acceptors (Lipinski definition) is 1. The molecule has 1 heterocycles. The first kappa shape index (κ1) is 15.7. The van der Waals surface area contributed by atoms with Crippen molar-refractivity contribution in [3.05, 3.63) is 37.0 Å². The Morgan fingerprint density at radius 1 is 1.38 bits per heavy atom. The monoisotopic (exact) mass is 207 g/mol. The van der Waals surface area contributed by atoms with Crippen LogP contribution in [0.1, 0.15) is 25.8 Å². The topological polar surface area (TPSA) is 12.9 Å². The first-order valence-electron chi connectivity index (χ1n) is 3.92. The summed E-state index contributed by atoms with van der Waals surface area (Å²) in [6, 6.07) is 4.05. The van der Waals surface area contributed by atoms with Gasteiger partial charge in [0.25, 0.3) is 0 Å². The first-order chi connectivity index (χ1) is 5.17. The molecule has 0 amide bonds. The summed E-state index contributed by atoms with van der Waals surface area (Å²) >= 11 is 0. The predicted molar refractivity (Wildman–Crippen MR) is 53.0 cm³/mol. The Morgan fingerprint density at radius 2 is 1.85 bits per heavy atom. The van der Waals surface area contributed by atoms with Crippen molar-refractivity contribution < 1.29 is 12.4 Å². The van der Waals surface area contributed by atoms with Gasteiger partial charge < -0.3 is 19.3 Å². The molecule has 0 radical (unpaired) electrons. The van der Waals surface area contributed by atoms with Crippen LogP contribution in [0.15, 0.2) is 24.5 Å². The maximum atomic E-state index is 4.13. The standard InChI is InChI=1S/C10H14N.ClH.Mg/c1-4-10(2,3)9-5-7-11-8-6-9;;/h5-8H,2,4H2,1,3H3;1H;/q-1;;+2/p-1. The second-order valence-corrected chi connectivity index (χ2v) is 3.15. The second kappa shape index (κ2) is 6.63. The number of halogens is 1. The van der Waals surface area contributed by atoms with E-state index in [1.54, 1.807) is 0 Å². The van der Waals surface area contributed by atoms with Crippen LogP contribution in [-0.4, -0.2) is 28.0 Å². The molecule has 1 atom stereocenters. The Labute approximate surface area is 103 Å². The van der Waals surface area contributed by atoms with E-state index in [9.17, 15) is 0 Å². The summed E-state index contributed by atoms with van der Waals surface area (Å²) in [5.41, 5.74) is 1.30. The van der Waals surface area contributed by atoms with Crippen molar-refractivity contribution in [1.29, 1.82) is 0 Å². The maximum Gasteiger partial charge on any atom is 2.00 e. The van der Waals surface area contributed by atoms with E-state index in [4.69, 9.17) is 0 Å². The predicted octanol–water partition coefficient (Wildman–Crippen LogP) is -0.793. The van der Waals surface area contributed by atoms with Crippen LogP contribution in [0.2, 0.25) is 0 Å². The van der Waals surface area contributed by atoms with Gasteiger partial charge in [0.2, 0.25) is 0 Å². The van der Waals surface area contributed by atoms with Crippen LogP contribution in [-0.2, 0) is 5.41 Å². The Balaban J connectivity index is 0. The van der Waals surface area contributed by atoms with Crippen molar-refractivity contribution in [2.45, 2.75) is 25.7 Å². The van der Waals surface area contributed by atoms with Gasteiger partial charge in [0.15, 0.2) is 0 Å². The second-order valence-electron chi connectivity index (χ2n) is 3.15. The summed E-state index contributed by atoms with van der Waals surface area (Å²) in [6.45, 7) is 8.42. The van der Waals surface area contributed by atoms with E-state index in [0.717, 1.165) is 6.42 Å². The van der Waals surface area contributed by atoms with Gasteiger partial charge in [-0.15, -0.1) is 5.41 Å². The van der Waals surface area contributed by atoms with E-state index in [2.05, 4.69) is 25.8 Å². The third-order valence-electron chi connectivity index (χ3n) is 2.16. The minimum absolute atomic E-state index is 0. The van der Waals surface area contributed by atoms with E-state index >= 15 is 0 Å². The molecule has 1 unspecified atom stereocenters. The van der Waals surface area contributed by atoms with Crippen LogP contribution in [0.25, 0.3) is 0 Å². The molecule has 0 saturated carbocycles. The third-order valence-corrected chi connectivity index (χ3v) is 2.16. The van der Waals surface area contributed by atoms with E-state index in [1.165, 1.54) is 5.56 Å². The first-order valence-corrected chi connectivity index (χ1v) is 3.92. The number of rotatable bonds is 2. The molecule has 0 spiro atoms. The normalized spacial score (nSPS) is 13.5. The van der Waals surface area contributed by atoms with Crippen LogP contribution in [0.3, 0.4) is 0 Å².